The predicted molar refractivity (Wildman–Crippen MR) is 83.3 cm³/mol. The number of nitrogens with two attached hydrogens (primary N) is 1. The lowest BCUT2D eigenvalue weighted by Gasteiger charge is -2.22. The minimum atomic E-state index is -0.677. The molecule has 1 amide bonds. The van der Waals surface area contributed by atoms with Crippen molar-refractivity contribution in [3.63, 3.8) is 0 Å². The second-order valence-electron chi connectivity index (χ2n) is 5.30. The number of hydrogen-bond acceptors (Lipinski definition) is 3. The SMILES string of the molecule is CC(C)(COc1ccc2cc(Br)ccc2c1)C(=O)NN. The molecule has 0 saturated heterocycles. The van der Waals surface area contributed by atoms with Gasteiger partial charge in [0, 0.05) is 4.47 Å². The van der Waals surface area contributed by atoms with Crippen LogP contribution in [0.5, 0.6) is 5.75 Å². The molecular weight excluding hydrogens is 320 g/mol. The Morgan fingerprint density at radius 1 is 1.25 bits per heavy atom. The zero-order valence-corrected chi connectivity index (χ0v) is 13.0. The Hall–Kier alpha value is -1.59. The largest absolute Gasteiger partial charge is 0.492 e. The van der Waals surface area contributed by atoms with E-state index in [0.717, 1.165) is 21.0 Å². The van der Waals surface area contributed by atoms with Crippen molar-refractivity contribution in [2.45, 2.75) is 13.8 Å². The maximum atomic E-state index is 11.6. The van der Waals surface area contributed by atoms with Crippen molar-refractivity contribution in [1.82, 2.24) is 5.43 Å². The number of halogens is 1. The standard InChI is InChI=1S/C15H17BrN2O2/c1-15(2,14(19)18-17)9-20-13-6-4-10-7-12(16)5-3-11(10)8-13/h3-8H,9,17H2,1-2H3,(H,18,19). The summed E-state index contributed by atoms with van der Waals surface area (Å²) < 4.78 is 6.75. The van der Waals surface area contributed by atoms with Crippen LogP contribution in [0.15, 0.2) is 40.9 Å². The summed E-state index contributed by atoms with van der Waals surface area (Å²) in [6.07, 6.45) is 0. The quantitative estimate of drug-likeness (QED) is 0.512. The van der Waals surface area contributed by atoms with E-state index in [1.54, 1.807) is 13.8 Å². The number of ether oxygens (including phenoxy) is 1. The number of fused-ring (bicyclic) bond motifs is 1. The van der Waals surface area contributed by atoms with Gasteiger partial charge in [0.1, 0.15) is 12.4 Å². The van der Waals surface area contributed by atoms with Gasteiger partial charge < -0.3 is 4.74 Å². The first-order valence-electron chi connectivity index (χ1n) is 6.25. The lowest BCUT2D eigenvalue weighted by atomic mass is 9.94. The molecule has 20 heavy (non-hydrogen) atoms. The summed E-state index contributed by atoms with van der Waals surface area (Å²) in [6.45, 7) is 3.83. The van der Waals surface area contributed by atoms with E-state index in [4.69, 9.17) is 10.6 Å². The smallest absolute Gasteiger partial charge is 0.242 e. The first-order chi connectivity index (χ1) is 9.42. The van der Waals surface area contributed by atoms with Gasteiger partial charge in [0.15, 0.2) is 0 Å². The van der Waals surface area contributed by atoms with Crippen LogP contribution in [0, 0.1) is 5.41 Å². The molecule has 0 spiro atoms. The molecule has 5 heteroatoms. The van der Waals surface area contributed by atoms with E-state index in [2.05, 4.69) is 21.4 Å². The average Bonchev–Trinajstić information content (AvgIpc) is 2.44. The van der Waals surface area contributed by atoms with Gasteiger partial charge >= 0.3 is 0 Å². The summed E-state index contributed by atoms with van der Waals surface area (Å²) in [6, 6.07) is 11.9. The van der Waals surface area contributed by atoms with Crippen LogP contribution in [0.2, 0.25) is 0 Å². The molecule has 0 aliphatic carbocycles. The van der Waals surface area contributed by atoms with Gasteiger partial charge in [0.05, 0.1) is 5.41 Å². The van der Waals surface area contributed by atoms with Gasteiger partial charge in [-0.3, -0.25) is 10.2 Å². The monoisotopic (exact) mass is 336 g/mol. The molecule has 106 valence electrons. The molecule has 0 heterocycles. The number of amides is 1. The fourth-order valence-electron chi connectivity index (χ4n) is 1.81. The molecule has 3 N–H and O–H groups in total. The maximum absolute atomic E-state index is 11.6. The summed E-state index contributed by atoms with van der Waals surface area (Å²) in [5, 5.41) is 2.22. The van der Waals surface area contributed by atoms with Crippen LogP contribution in [0.4, 0.5) is 0 Å². The number of carbonyl (C=O) groups excluding carboxylic acids is 1. The summed E-state index contributed by atoms with van der Waals surface area (Å²) in [5.41, 5.74) is 1.48. The summed E-state index contributed by atoms with van der Waals surface area (Å²) in [7, 11) is 0. The second kappa shape index (κ2) is 5.81. The van der Waals surface area contributed by atoms with Gasteiger partial charge in [0.25, 0.3) is 0 Å². The molecule has 0 radical (unpaired) electrons. The van der Waals surface area contributed by atoms with Crippen LogP contribution in [-0.2, 0) is 4.79 Å². The molecular formula is C15H17BrN2O2. The lowest BCUT2D eigenvalue weighted by molar-refractivity contribution is -0.130. The van der Waals surface area contributed by atoms with Crippen molar-refractivity contribution >= 4 is 32.6 Å². The zero-order valence-electron chi connectivity index (χ0n) is 11.4. The van der Waals surface area contributed by atoms with Gasteiger partial charge in [0.2, 0.25) is 5.91 Å². The van der Waals surface area contributed by atoms with Crippen LogP contribution in [0.3, 0.4) is 0 Å². The molecule has 0 aromatic heterocycles. The number of benzene rings is 2. The first-order valence-corrected chi connectivity index (χ1v) is 7.05. The molecule has 2 aromatic carbocycles. The van der Waals surface area contributed by atoms with Crippen LogP contribution in [0.1, 0.15) is 13.8 Å². The third-order valence-corrected chi connectivity index (χ3v) is 3.61. The minimum Gasteiger partial charge on any atom is -0.492 e. The summed E-state index contributed by atoms with van der Waals surface area (Å²) >= 11 is 3.44. The highest BCUT2D eigenvalue weighted by Crippen LogP contribution is 2.25. The molecule has 0 fully saturated rings. The Morgan fingerprint density at radius 3 is 2.60 bits per heavy atom. The zero-order chi connectivity index (χ0) is 14.8. The second-order valence-corrected chi connectivity index (χ2v) is 6.21. The van der Waals surface area contributed by atoms with Crippen molar-refractivity contribution in [3.05, 3.63) is 40.9 Å². The maximum Gasteiger partial charge on any atom is 0.242 e. The van der Waals surface area contributed by atoms with Crippen molar-refractivity contribution in [2.24, 2.45) is 11.3 Å². The van der Waals surface area contributed by atoms with Gasteiger partial charge in [-0.15, -0.1) is 0 Å². The van der Waals surface area contributed by atoms with Crippen molar-refractivity contribution < 1.29 is 9.53 Å². The van der Waals surface area contributed by atoms with E-state index in [1.165, 1.54) is 0 Å². The van der Waals surface area contributed by atoms with E-state index >= 15 is 0 Å². The molecule has 2 aromatic rings. The molecule has 0 bridgehead atoms. The van der Waals surface area contributed by atoms with Crippen molar-refractivity contribution in [2.75, 3.05) is 6.61 Å². The van der Waals surface area contributed by atoms with Gasteiger partial charge in [-0.25, -0.2) is 5.84 Å². The Morgan fingerprint density at radius 2 is 1.90 bits per heavy atom. The minimum absolute atomic E-state index is 0.248. The topological polar surface area (TPSA) is 64.3 Å². The van der Waals surface area contributed by atoms with Crippen LogP contribution < -0.4 is 16.0 Å². The van der Waals surface area contributed by atoms with Crippen molar-refractivity contribution in [3.8, 4) is 5.75 Å². The predicted octanol–water partition coefficient (Wildman–Crippen LogP) is 3.00. The average molecular weight is 337 g/mol. The number of nitrogens with one attached hydrogen (secondary N) is 1. The highest BCUT2D eigenvalue weighted by Gasteiger charge is 2.27. The Balaban J connectivity index is 2.14. The highest BCUT2D eigenvalue weighted by atomic mass is 79.9. The third kappa shape index (κ3) is 3.29. The first kappa shape index (κ1) is 14.8. The van der Waals surface area contributed by atoms with E-state index in [0.29, 0.717) is 0 Å². The Bertz CT molecular complexity index is 641. The van der Waals surface area contributed by atoms with Crippen LogP contribution in [0.25, 0.3) is 10.8 Å². The molecule has 0 aliphatic heterocycles. The van der Waals surface area contributed by atoms with E-state index in [-0.39, 0.29) is 12.5 Å². The van der Waals surface area contributed by atoms with Crippen molar-refractivity contribution in [1.29, 1.82) is 0 Å². The van der Waals surface area contributed by atoms with E-state index < -0.39 is 5.41 Å². The number of hydrogen-bond donors (Lipinski definition) is 2. The molecule has 0 atom stereocenters. The molecule has 4 nitrogen and oxygen atoms in total. The normalized spacial score (nSPS) is 11.4. The number of hydrazine groups is 1. The molecule has 0 saturated carbocycles. The lowest BCUT2D eigenvalue weighted by Crippen LogP contribution is -2.44. The summed E-state index contributed by atoms with van der Waals surface area (Å²) in [5.74, 6) is 5.64. The van der Waals surface area contributed by atoms with Crippen LogP contribution in [-0.4, -0.2) is 12.5 Å². The number of carbonyl (C=O) groups is 1. The fourth-order valence-corrected chi connectivity index (χ4v) is 2.19. The Kier molecular flexibility index (Phi) is 4.30. The van der Waals surface area contributed by atoms with Gasteiger partial charge in [-0.05, 0) is 48.9 Å². The van der Waals surface area contributed by atoms with E-state index in [1.807, 2.05) is 36.4 Å². The molecule has 0 unspecified atom stereocenters. The third-order valence-electron chi connectivity index (χ3n) is 3.12. The van der Waals surface area contributed by atoms with Gasteiger partial charge in [-0.2, -0.15) is 0 Å². The highest BCUT2D eigenvalue weighted by molar-refractivity contribution is 9.10. The summed E-state index contributed by atoms with van der Waals surface area (Å²) in [4.78, 5) is 11.6. The van der Waals surface area contributed by atoms with E-state index in [9.17, 15) is 4.79 Å². The van der Waals surface area contributed by atoms with Gasteiger partial charge in [-0.1, -0.05) is 28.1 Å². The number of rotatable bonds is 4. The molecule has 2 rings (SSSR count). The molecule has 0 aliphatic rings. The van der Waals surface area contributed by atoms with Crippen LogP contribution >= 0.6 is 15.9 Å². The fraction of sp³-hybridized carbons (Fsp3) is 0.267. The Labute approximate surface area is 126 Å².